The van der Waals surface area contributed by atoms with Crippen molar-refractivity contribution in [1.29, 1.82) is 0 Å². The maximum atomic E-state index is 12.0. The highest BCUT2D eigenvalue weighted by Crippen LogP contribution is 2.18. The molecule has 0 heterocycles. The van der Waals surface area contributed by atoms with Crippen LogP contribution >= 0.6 is 0 Å². The molecule has 0 fully saturated rings. The third-order valence-electron chi connectivity index (χ3n) is 4.36. The molecule has 31 heavy (non-hydrogen) atoms. The summed E-state index contributed by atoms with van der Waals surface area (Å²) in [5.74, 6) is 2.04. The highest BCUT2D eigenvalue weighted by Gasteiger charge is 2.09. The summed E-state index contributed by atoms with van der Waals surface area (Å²) < 4.78 is 16.3. The van der Waals surface area contributed by atoms with E-state index in [1.54, 1.807) is 55.6 Å². The van der Waals surface area contributed by atoms with E-state index in [2.05, 4.69) is 10.6 Å². The van der Waals surface area contributed by atoms with Gasteiger partial charge in [-0.2, -0.15) is 0 Å². The molecule has 0 aliphatic carbocycles. The molecule has 0 aliphatic rings. The van der Waals surface area contributed by atoms with Crippen LogP contribution in [0.3, 0.4) is 0 Å². The lowest BCUT2D eigenvalue weighted by Crippen LogP contribution is -2.37. The van der Waals surface area contributed by atoms with E-state index in [1.807, 2.05) is 30.3 Å². The molecule has 7 nitrogen and oxygen atoms in total. The second-order valence-electron chi connectivity index (χ2n) is 6.77. The first-order valence-electron chi connectivity index (χ1n) is 9.89. The zero-order valence-corrected chi connectivity index (χ0v) is 17.3. The zero-order chi connectivity index (χ0) is 21.9. The van der Waals surface area contributed by atoms with E-state index in [1.165, 1.54) is 0 Å². The number of hydrogen-bond donors (Lipinski definition) is 3. The number of benzene rings is 3. The Bertz CT molecular complexity index is 930. The SMILES string of the molecule is COc1ccc(OCC(O)CNC(=O)Nc2ccc(OCc3ccccc3)cc2)cc1. The second kappa shape index (κ2) is 11.5. The van der Waals surface area contributed by atoms with Crippen LogP contribution in [0.25, 0.3) is 0 Å². The normalized spacial score (nSPS) is 11.3. The summed E-state index contributed by atoms with van der Waals surface area (Å²) >= 11 is 0. The number of hydrogen-bond acceptors (Lipinski definition) is 5. The number of nitrogens with one attached hydrogen (secondary N) is 2. The van der Waals surface area contributed by atoms with Crippen molar-refractivity contribution >= 4 is 11.7 Å². The molecule has 0 saturated heterocycles. The Morgan fingerprint density at radius 3 is 2.16 bits per heavy atom. The minimum absolute atomic E-state index is 0.0556. The first-order chi connectivity index (χ1) is 15.1. The van der Waals surface area contributed by atoms with Crippen LogP contribution in [0.2, 0.25) is 0 Å². The quantitative estimate of drug-likeness (QED) is 0.462. The predicted octanol–water partition coefficient (Wildman–Crippen LogP) is 3.84. The van der Waals surface area contributed by atoms with Gasteiger partial charge in [-0.15, -0.1) is 0 Å². The lowest BCUT2D eigenvalue weighted by molar-refractivity contribution is 0.108. The van der Waals surface area contributed by atoms with Crippen LogP contribution in [0.15, 0.2) is 78.9 Å². The van der Waals surface area contributed by atoms with Crippen LogP contribution < -0.4 is 24.8 Å². The van der Waals surface area contributed by atoms with Crippen LogP contribution in [0.1, 0.15) is 5.56 Å². The molecule has 0 spiro atoms. The molecule has 3 rings (SSSR count). The summed E-state index contributed by atoms with van der Waals surface area (Å²) in [5, 5.41) is 15.3. The number of carbonyl (C=O) groups is 1. The van der Waals surface area contributed by atoms with E-state index in [0.717, 1.165) is 11.3 Å². The van der Waals surface area contributed by atoms with Gasteiger partial charge in [0, 0.05) is 12.2 Å². The minimum Gasteiger partial charge on any atom is -0.497 e. The Labute approximate surface area is 181 Å². The number of carbonyl (C=O) groups excluding carboxylic acids is 1. The van der Waals surface area contributed by atoms with Crippen molar-refractivity contribution in [2.75, 3.05) is 25.6 Å². The van der Waals surface area contributed by atoms with Crippen LogP contribution in [0.5, 0.6) is 17.2 Å². The van der Waals surface area contributed by atoms with Crippen LogP contribution in [0.4, 0.5) is 10.5 Å². The van der Waals surface area contributed by atoms with Gasteiger partial charge in [0.05, 0.1) is 7.11 Å². The summed E-state index contributed by atoms with van der Waals surface area (Å²) in [6.45, 7) is 0.588. The zero-order valence-electron chi connectivity index (χ0n) is 17.3. The van der Waals surface area contributed by atoms with E-state index < -0.39 is 12.1 Å². The Morgan fingerprint density at radius 2 is 1.48 bits per heavy atom. The summed E-state index contributed by atoms with van der Waals surface area (Å²) in [6, 6.07) is 23.6. The predicted molar refractivity (Wildman–Crippen MR) is 119 cm³/mol. The topological polar surface area (TPSA) is 89.0 Å². The number of urea groups is 1. The molecule has 0 aromatic heterocycles. The molecule has 3 aromatic carbocycles. The van der Waals surface area contributed by atoms with Crippen molar-refractivity contribution < 1.29 is 24.1 Å². The van der Waals surface area contributed by atoms with E-state index in [9.17, 15) is 9.90 Å². The van der Waals surface area contributed by atoms with Crippen molar-refractivity contribution in [2.24, 2.45) is 0 Å². The van der Waals surface area contributed by atoms with Gasteiger partial charge in [0.2, 0.25) is 0 Å². The van der Waals surface area contributed by atoms with Gasteiger partial charge in [0.25, 0.3) is 0 Å². The summed E-state index contributed by atoms with van der Waals surface area (Å²) in [4.78, 5) is 12.0. The number of amides is 2. The number of anilines is 1. The molecular weight excluding hydrogens is 396 g/mol. The Balaban J connectivity index is 1.35. The molecule has 162 valence electrons. The van der Waals surface area contributed by atoms with E-state index in [0.29, 0.717) is 23.8 Å². The average Bonchev–Trinajstić information content (AvgIpc) is 2.82. The minimum atomic E-state index is -0.846. The molecule has 0 radical (unpaired) electrons. The van der Waals surface area contributed by atoms with Crippen LogP contribution in [0, 0.1) is 0 Å². The molecule has 0 saturated carbocycles. The van der Waals surface area contributed by atoms with Gasteiger partial charge < -0.3 is 30.0 Å². The van der Waals surface area contributed by atoms with Crippen LogP contribution in [-0.4, -0.2) is 37.5 Å². The number of methoxy groups -OCH3 is 1. The fourth-order valence-corrected chi connectivity index (χ4v) is 2.68. The molecule has 3 aromatic rings. The third-order valence-corrected chi connectivity index (χ3v) is 4.36. The number of ether oxygens (including phenoxy) is 3. The standard InChI is InChI=1S/C24H26N2O5/c1-29-21-11-13-23(14-12-21)31-17-20(27)15-25-24(28)26-19-7-9-22(10-8-19)30-16-18-5-3-2-4-6-18/h2-14,20,27H,15-17H2,1H3,(H2,25,26,28). The smallest absolute Gasteiger partial charge is 0.319 e. The lowest BCUT2D eigenvalue weighted by Gasteiger charge is -2.14. The van der Waals surface area contributed by atoms with Crippen molar-refractivity contribution in [3.05, 3.63) is 84.4 Å². The van der Waals surface area contributed by atoms with Gasteiger partial charge in [-0.05, 0) is 54.1 Å². The summed E-state index contributed by atoms with van der Waals surface area (Å²) in [5.41, 5.74) is 1.70. The van der Waals surface area contributed by atoms with Gasteiger partial charge in [0.15, 0.2) is 0 Å². The molecular formula is C24H26N2O5. The monoisotopic (exact) mass is 422 g/mol. The number of aliphatic hydroxyl groups is 1. The second-order valence-corrected chi connectivity index (χ2v) is 6.77. The molecule has 0 bridgehead atoms. The van der Waals surface area contributed by atoms with Gasteiger partial charge in [0.1, 0.15) is 36.6 Å². The van der Waals surface area contributed by atoms with Crippen molar-refractivity contribution in [3.63, 3.8) is 0 Å². The van der Waals surface area contributed by atoms with E-state index in [-0.39, 0.29) is 13.2 Å². The van der Waals surface area contributed by atoms with Crippen molar-refractivity contribution in [3.8, 4) is 17.2 Å². The maximum Gasteiger partial charge on any atom is 0.319 e. The van der Waals surface area contributed by atoms with Crippen molar-refractivity contribution in [2.45, 2.75) is 12.7 Å². The van der Waals surface area contributed by atoms with Crippen LogP contribution in [-0.2, 0) is 6.61 Å². The molecule has 1 atom stereocenters. The number of rotatable bonds is 10. The molecule has 0 aliphatic heterocycles. The van der Waals surface area contributed by atoms with E-state index in [4.69, 9.17) is 14.2 Å². The largest absolute Gasteiger partial charge is 0.497 e. The average molecular weight is 422 g/mol. The highest BCUT2D eigenvalue weighted by molar-refractivity contribution is 5.89. The van der Waals surface area contributed by atoms with Gasteiger partial charge in [-0.1, -0.05) is 30.3 Å². The lowest BCUT2D eigenvalue weighted by atomic mass is 10.2. The Morgan fingerprint density at radius 1 is 0.871 bits per heavy atom. The fourth-order valence-electron chi connectivity index (χ4n) is 2.68. The molecule has 3 N–H and O–H groups in total. The summed E-state index contributed by atoms with van der Waals surface area (Å²) in [6.07, 6.45) is -0.846. The highest BCUT2D eigenvalue weighted by atomic mass is 16.5. The fraction of sp³-hybridized carbons (Fsp3) is 0.208. The Kier molecular flexibility index (Phi) is 8.13. The van der Waals surface area contributed by atoms with Gasteiger partial charge >= 0.3 is 6.03 Å². The summed E-state index contributed by atoms with van der Waals surface area (Å²) in [7, 11) is 1.59. The van der Waals surface area contributed by atoms with Crippen molar-refractivity contribution in [1.82, 2.24) is 5.32 Å². The molecule has 1 unspecified atom stereocenters. The Hall–Kier alpha value is -3.71. The molecule has 7 heteroatoms. The maximum absolute atomic E-state index is 12.0. The third kappa shape index (κ3) is 7.56. The molecule has 2 amide bonds. The van der Waals surface area contributed by atoms with Gasteiger partial charge in [-0.25, -0.2) is 4.79 Å². The van der Waals surface area contributed by atoms with E-state index >= 15 is 0 Å². The van der Waals surface area contributed by atoms with Gasteiger partial charge in [-0.3, -0.25) is 0 Å². The number of aliphatic hydroxyl groups excluding tert-OH is 1. The first-order valence-corrected chi connectivity index (χ1v) is 9.89. The first kappa shape index (κ1) is 22.0.